The van der Waals surface area contributed by atoms with Crippen molar-refractivity contribution in [2.75, 3.05) is 0 Å². The van der Waals surface area contributed by atoms with Crippen LogP contribution in [0.3, 0.4) is 0 Å². The van der Waals surface area contributed by atoms with Crippen LogP contribution in [0, 0.1) is 0 Å². The number of carbonyl (C=O) groups excluding carboxylic acids is 4. The van der Waals surface area contributed by atoms with Crippen LogP contribution < -0.4 is 22.1 Å². The first kappa shape index (κ1) is 12.8. The van der Waals surface area contributed by atoms with Crippen molar-refractivity contribution in [2.24, 2.45) is 11.5 Å². The fourth-order valence-corrected chi connectivity index (χ4v) is 0.570. The van der Waals surface area contributed by atoms with Crippen LogP contribution in [0.1, 0.15) is 6.92 Å². The van der Waals surface area contributed by atoms with Gasteiger partial charge in [-0.3, -0.25) is 20.2 Å². The Morgan fingerprint density at radius 2 is 1.27 bits per heavy atom. The molecule has 0 heterocycles. The number of imide groups is 2. The molecule has 0 spiro atoms. The maximum Gasteiger partial charge on any atom is 0.318 e. The van der Waals surface area contributed by atoms with E-state index in [0.717, 1.165) is 6.92 Å². The first-order valence-electron chi connectivity index (χ1n) is 3.62. The lowest BCUT2D eigenvalue weighted by Gasteiger charge is -2.18. The summed E-state index contributed by atoms with van der Waals surface area (Å²) in [4.78, 5) is 42.6. The van der Waals surface area contributed by atoms with Crippen LogP contribution in [0.2, 0.25) is 0 Å². The molecule has 0 saturated heterocycles. The van der Waals surface area contributed by atoms with Gasteiger partial charge in [-0.2, -0.15) is 0 Å². The molecule has 0 radical (unpaired) electrons. The second-order valence-corrected chi connectivity index (χ2v) is 2.71. The summed E-state index contributed by atoms with van der Waals surface area (Å²) in [5, 5.41) is 12.3. The minimum Gasteiger partial charge on any atom is -0.372 e. The molecular formula is C6H10N4O5. The van der Waals surface area contributed by atoms with E-state index >= 15 is 0 Å². The van der Waals surface area contributed by atoms with Crippen molar-refractivity contribution < 1.29 is 24.3 Å². The number of rotatable bonds is 2. The zero-order valence-corrected chi connectivity index (χ0v) is 7.73. The number of carbonyl (C=O) groups is 4. The molecule has 0 aromatic carbocycles. The van der Waals surface area contributed by atoms with Crippen molar-refractivity contribution in [3.05, 3.63) is 0 Å². The van der Waals surface area contributed by atoms with E-state index < -0.39 is 29.5 Å². The number of primary amides is 2. The number of aliphatic hydroxyl groups is 1. The molecule has 0 bridgehead atoms. The van der Waals surface area contributed by atoms with Gasteiger partial charge in [0.2, 0.25) is 5.60 Å². The Bertz CT molecular complexity index is 293. The molecule has 7 N–H and O–H groups in total. The molecule has 0 aromatic heterocycles. The highest BCUT2D eigenvalue weighted by Gasteiger charge is 2.40. The monoisotopic (exact) mass is 218 g/mol. The van der Waals surface area contributed by atoms with Crippen LogP contribution in [-0.2, 0) is 9.59 Å². The smallest absolute Gasteiger partial charge is 0.318 e. The van der Waals surface area contributed by atoms with E-state index in [0.29, 0.717) is 0 Å². The Kier molecular flexibility index (Phi) is 3.74. The topological polar surface area (TPSA) is 165 Å². The van der Waals surface area contributed by atoms with Gasteiger partial charge < -0.3 is 16.6 Å². The van der Waals surface area contributed by atoms with Gasteiger partial charge in [-0.15, -0.1) is 0 Å². The summed E-state index contributed by atoms with van der Waals surface area (Å²) in [7, 11) is 0. The van der Waals surface area contributed by atoms with Gasteiger partial charge in [0.1, 0.15) is 0 Å². The van der Waals surface area contributed by atoms with E-state index in [-0.39, 0.29) is 0 Å². The second kappa shape index (κ2) is 4.37. The highest BCUT2D eigenvalue weighted by molar-refractivity contribution is 6.14. The van der Waals surface area contributed by atoms with Gasteiger partial charge in [-0.1, -0.05) is 0 Å². The van der Waals surface area contributed by atoms with Gasteiger partial charge >= 0.3 is 12.1 Å². The summed E-state index contributed by atoms with van der Waals surface area (Å²) in [5.74, 6) is -2.73. The van der Waals surface area contributed by atoms with E-state index in [4.69, 9.17) is 0 Å². The van der Waals surface area contributed by atoms with Crippen molar-refractivity contribution in [3.8, 4) is 0 Å². The lowest BCUT2D eigenvalue weighted by molar-refractivity contribution is -0.150. The van der Waals surface area contributed by atoms with Crippen molar-refractivity contribution >= 4 is 23.9 Å². The number of amides is 6. The molecule has 0 aromatic rings. The number of hydrogen-bond acceptors (Lipinski definition) is 5. The molecule has 0 aliphatic heterocycles. The van der Waals surface area contributed by atoms with Crippen molar-refractivity contribution in [1.82, 2.24) is 10.6 Å². The van der Waals surface area contributed by atoms with Crippen LogP contribution in [-0.4, -0.2) is 34.6 Å². The molecule has 0 atom stereocenters. The third-order valence-electron chi connectivity index (χ3n) is 1.36. The first-order valence-corrected chi connectivity index (χ1v) is 3.62. The highest BCUT2D eigenvalue weighted by Crippen LogP contribution is 2.02. The molecule has 0 saturated carbocycles. The zero-order chi connectivity index (χ0) is 12.2. The summed E-state index contributed by atoms with van der Waals surface area (Å²) in [6.07, 6.45) is 0. The Balaban J connectivity index is 4.65. The average Bonchev–Trinajstić information content (AvgIpc) is 2.01. The van der Waals surface area contributed by atoms with Gasteiger partial charge in [-0.25, -0.2) is 9.59 Å². The minimum atomic E-state index is -2.62. The molecule has 15 heavy (non-hydrogen) atoms. The summed E-state index contributed by atoms with van der Waals surface area (Å²) in [5.41, 5.74) is 6.55. The predicted octanol–water partition coefficient (Wildman–Crippen LogP) is -2.87. The summed E-state index contributed by atoms with van der Waals surface area (Å²) < 4.78 is 0. The number of nitrogens with two attached hydrogens (primary N) is 2. The second-order valence-electron chi connectivity index (χ2n) is 2.71. The van der Waals surface area contributed by atoms with Gasteiger partial charge in [0, 0.05) is 0 Å². The molecule has 9 nitrogen and oxygen atoms in total. The minimum absolute atomic E-state index is 0.767. The van der Waals surface area contributed by atoms with Crippen LogP contribution in [0.4, 0.5) is 9.59 Å². The van der Waals surface area contributed by atoms with Crippen LogP contribution in [0.25, 0.3) is 0 Å². The van der Waals surface area contributed by atoms with Crippen molar-refractivity contribution in [3.63, 3.8) is 0 Å². The molecule has 0 aliphatic rings. The largest absolute Gasteiger partial charge is 0.372 e. The van der Waals surface area contributed by atoms with Crippen LogP contribution in [0.5, 0.6) is 0 Å². The Labute approximate surface area is 83.8 Å². The maximum atomic E-state index is 11.0. The SMILES string of the molecule is CC(O)(C(=O)NC(N)=O)C(=O)NC(N)=O. The van der Waals surface area contributed by atoms with Gasteiger partial charge in [0.25, 0.3) is 11.8 Å². The third-order valence-corrected chi connectivity index (χ3v) is 1.36. The Morgan fingerprint density at radius 1 is 1.00 bits per heavy atom. The van der Waals surface area contributed by atoms with Gasteiger partial charge in [0.15, 0.2) is 0 Å². The van der Waals surface area contributed by atoms with Crippen LogP contribution >= 0.6 is 0 Å². The summed E-state index contributed by atoms with van der Waals surface area (Å²) in [6, 6.07) is -2.49. The zero-order valence-electron chi connectivity index (χ0n) is 7.73. The highest BCUT2D eigenvalue weighted by atomic mass is 16.3. The molecule has 84 valence electrons. The van der Waals surface area contributed by atoms with E-state index in [1.54, 1.807) is 0 Å². The molecular weight excluding hydrogens is 208 g/mol. The molecule has 0 aliphatic carbocycles. The Morgan fingerprint density at radius 3 is 1.47 bits per heavy atom. The van der Waals surface area contributed by atoms with Gasteiger partial charge in [-0.05, 0) is 6.92 Å². The predicted molar refractivity (Wildman–Crippen MR) is 46.1 cm³/mol. The molecule has 6 amide bonds. The molecule has 0 fully saturated rings. The van der Waals surface area contributed by atoms with Gasteiger partial charge in [0.05, 0.1) is 0 Å². The van der Waals surface area contributed by atoms with E-state index in [2.05, 4.69) is 11.5 Å². The van der Waals surface area contributed by atoms with Crippen molar-refractivity contribution in [2.45, 2.75) is 12.5 Å². The van der Waals surface area contributed by atoms with E-state index in [9.17, 15) is 24.3 Å². The maximum absolute atomic E-state index is 11.0. The Hall–Kier alpha value is -2.16. The van der Waals surface area contributed by atoms with Crippen LogP contribution in [0.15, 0.2) is 0 Å². The average molecular weight is 218 g/mol. The molecule has 0 unspecified atom stereocenters. The number of hydrogen-bond donors (Lipinski definition) is 5. The van der Waals surface area contributed by atoms with E-state index in [1.165, 1.54) is 10.6 Å². The molecule has 0 rings (SSSR count). The fraction of sp³-hybridized carbons (Fsp3) is 0.333. The third kappa shape index (κ3) is 3.60. The summed E-state index contributed by atoms with van der Waals surface area (Å²) in [6.45, 7) is 0.767. The lowest BCUT2D eigenvalue weighted by atomic mass is 10.1. The fourth-order valence-electron chi connectivity index (χ4n) is 0.570. The van der Waals surface area contributed by atoms with E-state index in [1.807, 2.05) is 0 Å². The standard InChI is InChI=1S/C6H10N4O5/c1-6(15,2(11)9-4(7)13)3(12)10-5(8)14/h15H,1H3,(H3,7,9,11,13)(H3,8,10,12,14). The lowest BCUT2D eigenvalue weighted by Crippen LogP contribution is -2.58. The first-order chi connectivity index (χ1) is 6.67. The quantitative estimate of drug-likeness (QED) is 0.314. The number of urea groups is 2. The van der Waals surface area contributed by atoms with Crippen molar-refractivity contribution in [1.29, 1.82) is 0 Å². The number of nitrogens with one attached hydrogen (secondary N) is 2. The normalized spacial score (nSPS) is 10.3. The molecule has 9 heteroatoms. The summed E-state index contributed by atoms with van der Waals surface area (Å²) >= 11 is 0.